The molecule has 104 valence electrons. The second kappa shape index (κ2) is 5.78. The average Bonchev–Trinajstić information content (AvgIpc) is 2.78. The second-order valence-electron chi connectivity index (χ2n) is 3.99. The topological polar surface area (TPSA) is 111 Å². The van der Waals surface area contributed by atoms with Crippen molar-refractivity contribution in [1.82, 2.24) is 15.0 Å². The summed E-state index contributed by atoms with van der Waals surface area (Å²) in [6, 6.07) is 4.69. The molecule has 9 heteroatoms. The van der Waals surface area contributed by atoms with E-state index in [0.717, 1.165) is 0 Å². The van der Waals surface area contributed by atoms with Gasteiger partial charge in [0, 0.05) is 12.3 Å². The van der Waals surface area contributed by atoms with E-state index in [4.69, 9.17) is 5.11 Å². The summed E-state index contributed by atoms with van der Waals surface area (Å²) in [5.74, 6) is -0.992. The van der Waals surface area contributed by atoms with Crippen LogP contribution in [0.5, 0.6) is 0 Å². The van der Waals surface area contributed by atoms with Gasteiger partial charge in [-0.2, -0.15) is 0 Å². The monoisotopic (exact) mass is 340 g/mol. The highest BCUT2D eigenvalue weighted by Crippen LogP contribution is 2.28. The third-order valence-electron chi connectivity index (χ3n) is 2.51. The summed E-state index contributed by atoms with van der Waals surface area (Å²) in [6.45, 7) is 0.259. The number of nitro benzene ring substituents is 1. The molecule has 1 aromatic carbocycles. The first kappa shape index (κ1) is 14.1. The van der Waals surface area contributed by atoms with Gasteiger partial charge >= 0.3 is 5.97 Å². The Bertz CT molecular complexity index is 670. The van der Waals surface area contributed by atoms with Gasteiger partial charge in [-0.05, 0) is 21.5 Å². The van der Waals surface area contributed by atoms with Crippen molar-refractivity contribution in [1.29, 1.82) is 0 Å². The van der Waals surface area contributed by atoms with Crippen LogP contribution in [0.25, 0.3) is 0 Å². The van der Waals surface area contributed by atoms with Crippen molar-refractivity contribution in [2.45, 2.75) is 13.0 Å². The Morgan fingerprint density at radius 2 is 2.25 bits per heavy atom. The van der Waals surface area contributed by atoms with Crippen LogP contribution in [0, 0.1) is 10.1 Å². The number of halogens is 1. The zero-order valence-electron chi connectivity index (χ0n) is 10.1. The Morgan fingerprint density at radius 1 is 1.50 bits per heavy atom. The smallest absolute Gasteiger partial charge is 0.309 e. The number of hydrogen-bond donors (Lipinski definition) is 1. The summed E-state index contributed by atoms with van der Waals surface area (Å²) in [5.41, 5.74) is 0.957. The van der Waals surface area contributed by atoms with Crippen LogP contribution in [0.1, 0.15) is 11.3 Å². The first-order chi connectivity index (χ1) is 9.47. The van der Waals surface area contributed by atoms with Crippen LogP contribution in [-0.4, -0.2) is 31.0 Å². The molecule has 1 aromatic heterocycles. The number of nitrogens with zero attached hydrogens (tertiary/aromatic N) is 4. The van der Waals surface area contributed by atoms with Gasteiger partial charge in [0.05, 0.1) is 23.6 Å². The number of nitro groups is 1. The lowest BCUT2D eigenvalue weighted by atomic mass is 10.2. The zero-order chi connectivity index (χ0) is 14.7. The van der Waals surface area contributed by atoms with E-state index in [9.17, 15) is 14.9 Å². The fraction of sp³-hybridized carbons (Fsp3) is 0.182. The number of carboxylic acids is 1. The number of rotatable bonds is 5. The van der Waals surface area contributed by atoms with E-state index in [1.165, 1.54) is 16.9 Å². The Morgan fingerprint density at radius 3 is 2.90 bits per heavy atom. The van der Waals surface area contributed by atoms with E-state index in [2.05, 4.69) is 26.2 Å². The SMILES string of the molecule is O=C(O)Cc1cn(Cc2cccc([N+](=O)[O-])c2Br)nn1. The predicted octanol–water partition coefficient (Wildman–Crippen LogP) is 1.62. The highest BCUT2D eigenvalue weighted by molar-refractivity contribution is 9.10. The second-order valence-corrected chi connectivity index (χ2v) is 4.78. The summed E-state index contributed by atoms with van der Waals surface area (Å²) in [5, 5.41) is 27.0. The molecule has 0 bridgehead atoms. The first-order valence-corrected chi connectivity index (χ1v) is 6.29. The minimum Gasteiger partial charge on any atom is -0.481 e. The van der Waals surface area contributed by atoms with Crippen LogP contribution in [0.2, 0.25) is 0 Å². The summed E-state index contributed by atoms with van der Waals surface area (Å²) in [4.78, 5) is 20.9. The largest absolute Gasteiger partial charge is 0.481 e. The summed E-state index contributed by atoms with van der Waals surface area (Å²) in [7, 11) is 0. The first-order valence-electron chi connectivity index (χ1n) is 5.50. The molecule has 1 heterocycles. The molecule has 0 amide bonds. The fourth-order valence-corrected chi connectivity index (χ4v) is 2.19. The van der Waals surface area contributed by atoms with E-state index < -0.39 is 10.9 Å². The molecule has 0 aliphatic carbocycles. The van der Waals surface area contributed by atoms with Gasteiger partial charge in [-0.25, -0.2) is 4.68 Å². The Hall–Kier alpha value is -2.29. The van der Waals surface area contributed by atoms with Crippen LogP contribution in [0.3, 0.4) is 0 Å². The lowest BCUT2D eigenvalue weighted by Gasteiger charge is -2.04. The Labute approximate surface area is 121 Å². The molecule has 0 radical (unpaired) electrons. The van der Waals surface area contributed by atoms with Gasteiger partial charge in [-0.15, -0.1) is 5.10 Å². The molecular weight excluding hydrogens is 332 g/mol. The average molecular weight is 341 g/mol. The van der Waals surface area contributed by atoms with E-state index in [0.29, 0.717) is 15.7 Å². The molecule has 0 atom stereocenters. The molecule has 0 saturated carbocycles. The van der Waals surface area contributed by atoms with Gasteiger partial charge in [0.1, 0.15) is 4.47 Å². The van der Waals surface area contributed by atoms with Crippen LogP contribution < -0.4 is 0 Å². The molecule has 0 aliphatic rings. The van der Waals surface area contributed by atoms with E-state index in [-0.39, 0.29) is 18.7 Å². The van der Waals surface area contributed by atoms with Crippen molar-refractivity contribution in [3.8, 4) is 0 Å². The highest BCUT2D eigenvalue weighted by atomic mass is 79.9. The maximum Gasteiger partial charge on any atom is 0.309 e. The molecule has 1 N–H and O–H groups in total. The molecule has 0 saturated heterocycles. The standard InChI is InChI=1S/C11H9BrN4O4/c12-11-7(2-1-3-9(11)16(19)20)5-15-6-8(13-14-15)4-10(17)18/h1-3,6H,4-5H2,(H,17,18). The fourth-order valence-electron chi connectivity index (χ4n) is 1.66. The molecule has 0 unspecified atom stereocenters. The summed E-state index contributed by atoms with van der Waals surface area (Å²) in [6.07, 6.45) is 1.29. The van der Waals surface area contributed by atoms with Crippen LogP contribution >= 0.6 is 15.9 Å². The van der Waals surface area contributed by atoms with Crippen molar-refractivity contribution in [3.63, 3.8) is 0 Å². The predicted molar refractivity (Wildman–Crippen MR) is 71.3 cm³/mol. The third kappa shape index (κ3) is 3.18. The zero-order valence-corrected chi connectivity index (χ0v) is 11.6. The number of carboxylic acid groups (broad SMARTS) is 1. The quantitative estimate of drug-likeness (QED) is 0.653. The van der Waals surface area contributed by atoms with Gasteiger partial charge < -0.3 is 5.11 Å². The third-order valence-corrected chi connectivity index (χ3v) is 3.42. The van der Waals surface area contributed by atoms with Gasteiger partial charge in [-0.3, -0.25) is 14.9 Å². The highest BCUT2D eigenvalue weighted by Gasteiger charge is 2.15. The number of aromatic nitrogens is 3. The number of hydrogen-bond acceptors (Lipinski definition) is 5. The lowest BCUT2D eigenvalue weighted by Crippen LogP contribution is -2.03. The Kier molecular flexibility index (Phi) is 4.08. The van der Waals surface area contributed by atoms with Gasteiger partial charge in [0.25, 0.3) is 5.69 Å². The number of benzene rings is 1. The normalized spacial score (nSPS) is 10.4. The molecule has 2 aromatic rings. The molecule has 0 spiro atoms. The molecular formula is C11H9BrN4O4. The molecule has 0 fully saturated rings. The van der Waals surface area contributed by atoms with Crippen molar-refractivity contribution in [3.05, 3.63) is 50.2 Å². The van der Waals surface area contributed by atoms with Crippen molar-refractivity contribution in [2.24, 2.45) is 0 Å². The number of carbonyl (C=O) groups is 1. The molecule has 0 aliphatic heterocycles. The maximum atomic E-state index is 10.8. The van der Waals surface area contributed by atoms with Crippen LogP contribution in [0.15, 0.2) is 28.9 Å². The minimum atomic E-state index is -0.992. The van der Waals surface area contributed by atoms with E-state index >= 15 is 0 Å². The van der Waals surface area contributed by atoms with Gasteiger partial charge in [0.2, 0.25) is 0 Å². The molecule has 8 nitrogen and oxygen atoms in total. The Balaban J connectivity index is 2.22. The van der Waals surface area contributed by atoms with E-state index in [1.54, 1.807) is 12.1 Å². The van der Waals surface area contributed by atoms with Crippen molar-refractivity contribution < 1.29 is 14.8 Å². The minimum absolute atomic E-state index is 0.0339. The lowest BCUT2D eigenvalue weighted by molar-refractivity contribution is -0.385. The van der Waals surface area contributed by atoms with E-state index in [1.807, 2.05) is 0 Å². The van der Waals surface area contributed by atoms with Gasteiger partial charge in [-0.1, -0.05) is 17.3 Å². The summed E-state index contributed by atoms with van der Waals surface area (Å²) < 4.78 is 1.81. The molecule has 2 rings (SSSR count). The van der Waals surface area contributed by atoms with Crippen LogP contribution in [0.4, 0.5) is 5.69 Å². The van der Waals surface area contributed by atoms with Crippen LogP contribution in [-0.2, 0) is 17.8 Å². The van der Waals surface area contributed by atoms with Crippen molar-refractivity contribution >= 4 is 27.6 Å². The van der Waals surface area contributed by atoms with Crippen molar-refractivity contribution in [2.75, 3.05) is 0 Å². The van der Waals surface area contributed by atoms with Gasteiger partial charge in [0.15, 0.2) is 0 Å². The summed E-state index contributed by atoms with van der Waals surface area (Å²) >= 11 is 3.19. The number of aliphatic carboxylic acids is 1. The molecule has 20 heavy (non-hydrogen) atoms. The maximum absolute atomic E-state index is 10.8.